The molecule has 1 N–H and O–H groups in total. The summed E-state index contributed by atoms with van der Waals surface area (Å²) in [7, 11) is -3.14. The van der Waals surface area contributed by atoms with Crippen LogP contribution in [-0.2, 0) is 10.0 Å². The van der Waals surface area contributed by atoms with E-state index in [9.17, 15) is 8.42 Å². The summed E-state index contributed by atoms with van der Waals surface area (Å²) < 4.78 is 32.1. The highest BCUT2D eigenvalue weighted by atomic mass is 32.2. The summed E-state index contributed by atoms with van der Waals surface area (Å²) in [6.45, 7) is 6.62. The molecule has 0 unspecified atom stereocenters. The molecule has 0 saturated carbocycles. The van der Waals surface area contributed by atoms with E-state index in [2.05, 4.69) is 16.3 Å². The Balaban J connectivity index is 1.71. The SMILES string of the molecule is CCS(=O)(=O)N1CCC[C@@H](Oc2ccccc2N2CCNCC2)C1. The van der Waals surface area contributed by atoms with Crippen molar-refractivity contribution in [2.24, 2.45) is 0 Å². The molecule has 1 atom stereocenters. The Bertz CT molecular complexity index is 644. The minimum Gasteiger partial charge on any atom is -0.487 e. The van der Waals surface area contributed by atoms with Crippen LogP contribution in [0.1, 0.15) is 19.8 Å². The average molecular weight is 353 g/mol. The zero-order valence-electron chi connectivity index (χ0n) is 14.3. The highest BCUT2D eigenvalue weighted by Gasteiger charge is 2.29. The maximum absolute atomic E-state index is 12.1. The molecule has 1 aromatic rings. The molecule has 0 aromatic heterocycles. The van der Waals surface area contributed by atoms with Crippen LogP contribution in [0.15, 0.2) is 24.3 Å². The molecule has 2 saturated heterocycles. The van der Waals surface area contributed by atoms with Crippen molar-refractivity contribution in [1.29, 1.82) is 0 Å². The second kappa shape index (κ2) is 7.72. The van der Waals surface area contributed by atoms with E-state index in [4.69, 9.17) is 4.74 Å². The minimum absolute atomic E-state index is 0.0795. The summed E-state index contributed by atoms with van der Waals surface area (Å²) in [5.41, 5.74) is 1.11. The van der Waals surface area contributed by atoms with Crippen LogP contribution >= 0.6 is 0 Å². The zero-order valence-corrected chi connectivity index (χ0v) is 15.1. The summed E-state index contributed by atoms with van der Waals surface area (Å²) in [6, 6.07) is 8.08. The lowest BCUT2D eigenvalue weighted by atomic mass is 10.1. The van der Waals surface area contributed by atoms with Gasteiger partial charge in [-0.05, 0) is 31.9 Å². The second-order valence-electron chi connectivity index (χ2n) is 6.35. The third-order valence-corrected chi connectivity index (χ3v) is 6.56. The lowest BCUT2D eigenvalue weighted by Crippen LogP contribution is -2.45. The molecule has 134 valence electrons. The molecular weight excluding hydrogens is 326 g/mol. The van der Waals surface area contributed by atoms with E-state index in [0.29, 0.717) is 13.1 Å². The molecule has 24 heavy (non-hydrogen) atoms. The van der Waals surface area contributed by atoms with E-state index in [0.717, 1.165) is 50.5 Å². The van der Waals surface area contributed by atoms with Gasteiger partial charge in [0.05, 0.1) is 18.0 Å². The van der Waals surface area contributed by atoms with Gasteiger partial charge in [-0.15, -0.1) is 0 Å². The summed E-state index contributed by atoms with van der Waals surface area (Å²) in [5.74, 6) is 1.01. The Hall–Kier alpha value is -1.31. The normalized spacial score (nSPS) is 23.2. The lowest BCUT2D eigenvalue weighted by molar-refractivity contribution is 0.130. The van der Waals surface area contributed by atoms with Gasteiger partial charge in [0.1, 0.15) is 11.9 Å². The standard InChI is InChI=1S/C17H27N3O3S/c1-2-24(21,22)20-11-5-6-15(14-20)23-17-8-4-3-7-16(17)19-12-9-18-10-13-19/h3-4,7-8,15,18H,2,5-6,9-14H2,1H3/t15-/m1/s1. The fraction of sp³-hybridized carbons (Fsp3) is 0.647. The van der Waals surface area contributed by atoms with Crippen LogP contribution in [-0.4, -0.2) is 63.8 Å². The van der Waals surface area contributed by atoms with Crippen LogP contribution in [0.2, 0.25) is 0 Å². The first-order valence-electron chi connectivity index (χ1n) is 8.79. The van der Waals surface area contributed by atoms with Crippen molar-refractivity contribution >= 4 is 15.7 Å². The molecule has 2 heterocycles. The van der Waals surface area contributed by atoms with Gasteiger partial charge in [0, 0.05) is 32.7 Å². The van der Waals surface area contributed by atoms with Gasteiger partial charge in [-0.3, -0.25) is 0 Å². The number of nitrogens with one attached hydrogen (secondary N) is 1. The number of benzene rings is 1. The Labute approximate surface area is 144 Å². The fourth-order valence-corrected chi connectivity index (χ4v) is 4.51. The molecule has 3 rings (SSSR count). The van der Waals surface area contributed by atoms with E-state index < -0.39 is 10.0 Å². The van der Waals surface area contributed by atoms with Gasteiger partial charge in [-0.25, -0.2) is 8.42 Å². The number of piperazine rings is 1. The maximum atomic E-state index is 12.1. The van der Waals surface area contributed by atoms with E-state index in [1.54, 1.807) is 11.2 Å². The summed E-state index contributed by atoms with van der Waals surface area (Å²) in [6.07, 6.45) is 1.66. The van der Waals surface area contributed by atoms with Crippen LogP contribution in [0.4, 0.5) is 5.69 Å². The van der Waals surface area contributed by atoms with Gasteiger partial charge >= 0.3 is 0 Å². The van der Waals surface area contributed by atoms with Gasteiger partial charge in [-0.1, -0.05) is 12.1 Å². The molecule has 0 aliphatic carbocycles. The monoisotopic (exact) mass is 353 g/mol. The number of nitrogens with zero attached hydrogens (tertiary/aromatic N) is 2. The van der Waals surface area contributed by atoms with E-state index in [-0.39, 0.29) is 11.9 Å². The topological polar surface area (TPSA) is 61.9 Å². The predicted molar refractivity (Wildman–Crippen MR) is 96.2 cm³/mol. The third-order valence-electron chi connectivity index (χ3n) is 4.72. The van der Waals surface area contributed by atoms with Crippen molar-refractivity contribution in [3.8, 4) is 5.75 Å². The number of rotatable bonds is 5. The highest BCUT2D eigenvalue weighted by molar-refractivity contribution is 7.89. The van der Waals surface area contributed by atoms with Crippen molar-refractivity contribution < 1.29 is 13.2 Å². The highest BCUT2D eigenvalue weighted by Crippen LogP contribution is 2.30. The summed E-state index contributed by atoms with van der Waals surface area (Å²) >= 11 is 0. The summed E-state index contributed by atoms with van der Waals surface area (Å²) in [5, 5.41) is 3.36. The number of hydrogen-bond acceptors (Lipinski definition) is 5. The Morgan fingerprint density at radius 1 is 1.21 bits per heavy atom. The lowest BCUT2D eigenvalue weighted by Gasteiger charge is -2.34. The maximum Gasteiger partial charge on any atom is 0.213 e. The van der Waals surface area contributed by atoms with Crippen molar-refractivity contribution in [2.75, 3.05) is 49.9 Å². The molecule has 2 aliphatic heterocycles. The van der Waals surface area contributed by atoms with Crippen LogP contribution in [0.3, 0.4) is 0 Å². The number of sulfonamides is 1. The first-order chi connectivity index (χ1) is 11.6. The molecular formula is C17H27N3O3S. The molecule has 0 amide bonds. The van der Waals surface area contributed by atoms with Gasteiger partial charge in [0.15, 0.2) is 0 Å². The quantitative estimate of drug-likeness (QED) is 0.864. The molecule has 0 radical (unpaired) electrons. The molecule has 6 nitrogen and oxygen atoms in total. The molecule has 2 aliphatic rings. The van der Waals surface area contributed by atoms with Crippen LogP contribution < -0.4 is 15.0 Å². The fourth-order valence-electron chi connectivity index (χ4n) is 3.34. The largest absolute Gasteiger partial charge is 0.487 e. The predicted octanol–water partition coefficient (Wildman–Crippen LogP) is 1.29. The van der Waals surface area contributed by atoms with Crippen molar-refractivity contribution in [1.82, 2.24) is 9.62 Å². The van der Waals surface area contributed by atoms with Gasteiger partial charge in [0.2, 0.25) is 10.0 Å². The zero-order chi connectivity index (χ0) is 17.0. The number of hydrogen-bond donors (Lipinski definition) is 1. The number of para-hydroxylation sites is 2. The second-order valence-corrected chi connectivity index (χ2v) is 8.60. The van der Waals surface area contributed by atoms with Gasteiger partial charge in [-0.2, -0.15) is 4.31 Å². The van der Waals surface area contributed by atoms with Gasteiger partial charge in [0.25, 0.3) is 0 Å². The summed E-state index contributed by atoms with van der Waals surface area (Å²) in [4.78, 5) is 2.33. The average Bonchev–Trinajstić information content (AvgIpc) is 2.63. The molecule has 0 spiro atoms. The number of piperidine rings is 1. The van der Waals surface area contributed by atoms with Gasteiger partial charge < -0.3 is 15.0 Å². The molecule has 1 aromatic carbocycles. The Kier molecular flexibility index (Phi) is 5.63. The van der Waals surface area contributed by atoms with Crippen LogP contribution in [0.5, 0.6) is 5.75 Å². The van der Waals surface area contributed by atoms with Crippen molar-refractivity contribution in [3.05, 3.63) is 24.3 Å². The van der Waals surface area contributed by atoms with Crippen LogP contribution in [0.25, 0.3) is 0 Å². The van der Waals surface area contributed by atoms with E-state index in [1.165, 1.54) is 0 Å². The molecule has 2 fully saturated rings. The Morgan fingerprint density at radius 3 is 2.71 bits per heavy atom. The first kappa shape index (κ1) is 17.5. The van der Waals surface area contributed by atoms with E-state index >= 15 is 0 Å². The van der Waals surface area contributed by atoms with Crippen molar-refractivity contribution in [3.63, 3.8) is 0 Å². The minimum atomic E-state index is -3.14. The first-order valence-corrected chi connectivity index (χ1v) is 10.4. The Morgan fingerprint density at radius 2 is 1.96 bits per heavy atom. The number of anilines is 1. The number of ether oxygens (including phenoxy) is 1. The molecule has 0 bridgehead atoms. The van der Waals surface area contributed by atoms with Crippen LogP contribution in [0, 0.1) is 0 Å². The molecule has 7 heteroatoms. The van der Waals surface area contributed by atoms with Crippen molar-refractivity contribution in [2.45, 2.75) is 25.9 Å². The smallest absolute Gasteiger partial charge is 0.213 e. The third kappa shape index (κ3) is 4.02. The van der Waals surface area contributed by atoms with E-state index in [1.807, 2.05) is 18.2 Å².